The van der Waals surface area contributed by atoms with Gasteiger partial charge in [0.25, 0.3) is 0 Å². The van der Waals surface area contributed by atoms with Crippen LogP contribution in [0, 0.1) is 0 Å². The molecular formula is C30H19Br. The van der Waals surface area contributed by atoms with E-state index in [4.69, 9.17) is 0 Å². The van der Waals surface area contributed by atoms with Gasteiger partial charge in [-0.15, -0.1) is 0 Å². The fourth-order valence-electron chi connectivity index (χ4n) is 4.82. The highest BCUT2D eigenvalue weighted by Gasteiger charge is 2.17. The number of halogens is 1. The molecule has 0 atom stereocenters. The lowest BCUT2D eigenvalue weighted by molar-refractivity contribution is 1.63. The van der Waals surface area contributed by atoms with E-state index in [-0.39, 0.29) is 0 Å². The molecule has 0 aliphatic carbocycles. The maximum atomic E-state index is 3.67. The Balaban J connectivity index is 1.84. The van der Waals surface area contributed by atoms with Gasteiger partial charge in [-0.1, -0.05) is 119 Å². The van der Waals surface area contributed by atoms with E-state index in [0.29, 0.717) is 0 Å². The summed E-state index contributed by atoms with van der Waals surface area (Å²) in [6.45, 7) is 0. The van der Waals surface area contributed by atoms with Gasteiger partial charge in [0, 0.05) is 4.47 Å². The molecule has 0 aliphatic heterocycles. The number of rotatable bonds is 2. The van der Waals surface area contributed by atoms with Crippen molar-refractivity contribution in [3.63, 3.8) is 0 Å². The van der Waals surface area contributed by atoms with Crippen LogP contribution in [0.4, 0.5) is 0 Å². The van der Waals surface area contributed by atoms with Crippen molar-refractivity contribution < 1.29 is 0 Å². The van der Waals surface area contributed by atoms with Crippen LogP contribution in [0.3, 0.4) is 0 Å². The first-order valence-corrected chi connectivity index (χ1v) is 11.3. The van der Waals surface area contributed by atoms with Gasteiger partial charge in [-0.05, 0) is 66.7 Å². The van der Waals surface area contributed by atoms with E-state index in [0.717, 1.165) is 4.47 Å². The van der Waals surface area contributed by atoms with Crippen LogP contribution in [0.5, 0.6) is 0 Å². The number of hydrogen-bond acceptors (Lipinski definition) is 0. The molecule has 0 bridgehead atoms. The molecule has 0 N–H and O–H groups in total. The molecule has 0 unspecified atom stereocenters. The second-order valence-corrected chi connectivity index (χ2v) is 8.79. The third-order valence-electron chi connectivity index (χ3n) is 6.10. The van der Waals surface area contributed by atoms with Crippen LogP contribution in [0.15, 0.2) is 120 Å². The largest absolute Gasteiger partial charge is 0.0616 e. The van der Waals surface area contributed by atoms with Gasteiger partial charge in [-0.25, -0.2) is 0 Å². The van der Waals surface area contributed by atoms with Gasteiger partial charge in [-0.2, -0.15) is 0 Å². The van der Waals surface area contributed by atoms with Crippen molar-refractivity contribution in [1.82, 2.24) is 0 Å². The summed E-state index contributed by atoms with van der Waals surface area (Å²) in [5, 5.41) is 7.68. The number of hydrogen-bond donors (Lipinski definition) is 0. The Morgan fingerprint density at radius 2 is 0.935 bits per heavy atom. The molecular weight excluding hydrogens is 440 g/mol. The van der Waals surface area contributed by atoms with Gasteiger partial charge in [0.15, 0.2) is 0 Å². The molecule has 0 spiro atoms. The van der Waals surface area contributed by atoms with Crippen LogP contribution in [0.25, 0.3) is 54.6 Å². The minimum Gasteiger partial charge on any atom is -0.0616 e. The molecule has 0 aliphatic rings. The van der Waals surface area contributed by atoms with Crippen molar-refractivity contribution in [3.8, 4) is 22.3 Å². The molecule has 0 heterocycles. The Morgan fingerprint density at radius 1 is 0.419 bits per heavy atom. The summed E-state index contributed by atoms with van der Waals surface area (Å²) in [6, 6.07) is 41.5. The van der Waals surface area contributed by atoms with Gasteiger partial charge in [0.2, 0.25) is 0 Å². The monoisotopic (exact) mass is 458 g/mol. The molecule has 6 aromatic rings. The van der Waals surface area contributed by atoms with Crippen LogP contribution in [-0.4, -0.2) is 0 Å². The summed E-state index contributed by atoms with van der Waals surface area (Å²) in [6.07, 6.45) is 0. The first-order chi connectivity index (χ1) is 15.3. The molecule has 146 valence electrons. The fourth-order valence-corrected chi connectivity index (χ4v) is 5.22. The molecule has 6 aromatic carbocycles. The van der Waals surface area contributed by atoms with E-state index in [1.165, 1.54) is 54.6 Å². The first-order valence-electron chi connectivity index (χ1n) is 10.5. The zero-order valence-electron chi connectivity index (χ0n) is 16.8. The summed E-state index contributed by atoms with van der Waals surface area (Å²) in [7, 11) is 0. The maximum Gasteiger partial charge on any atom is 0.0181 e. The van der Waals surface area contributed by atoms with Crippen molar-refractivity contribution in [2.24, 2.45) is 0 Å². The zero-order valence-corrected chi connectivity index (χ0v) is 18.4. The van der Waals surface area contributed by atoms with Crippen LogP contribution >= 0.6 is 15.9 Å². The molecule has 6 rings (SSSR count). The highest BCUT2D eigenvalue weighted by atomic mass is 79.9. The van der Waals surface area contributed by atoms with Crippen LogP contribution in [0.1, 0.15) is 0 Å². The van der Waals surface area contributed by atoms with Crippen LogP contribution < -0.4 is 0 Å². The number of benzene rings is 6. The Labute approximate surface area is 189 Å². The topological polar surface area (TPSA) is 0 Å². The first kappa shape index (κ1) is 18.4. The number of fused-ring (bicyclic) bond motifs is 3. The molecule has 0 radical (unpaired) electrons. The maximum absolute atomic E-state index is 3.67. The van der Waals surface area contributed by atoms with Gasteiger partial charge >= 0.3 is 0 Å². The predicted octanol–water partition coefficient (Wildman–Crippen LogP) is 9.24. The summed E-state index contributed by atoms with van der Waals surface area (Å²) in [5.74, 6) is 0. The van der Waals surface area contributed by atoms with E-state index in [1.54, 1.807) is 0 Å². The molecule has 0 amide bonds. The minimum absolute atomic E-state index is 1.09. The van der Waals surface area contributed by atoms with E-state index >= 15 is 0 Å². The second kappa shape index (κ2) is 7.37. The Hall–Kier alpha value is -3.42. The van der Waals surface area contributed by atoms with E-state index < -0.39 is 0 Å². The van der Waals surface area contributed by atoms with Crippen LogP contribution in [-0.2, 0) is 0 Å². The van der Waals surface area contributed by atoms with Crippen molar-refractivity contribution >= 4 is 48.2 Å². The summed E-state index contributed by atoms with van der Waals surface area (Å²) >= 11 is 3.67. The predicted molar refractivity (Wildman–Crippen MR) is 138 cm³/mol. The van der Waals surface area contributed by atoms with E-state index in [2.05, 4.69) is 131 Å². The van der Waals surface area contributed by atoms with Crippen molar-refractivity contribution in [2.45, 2.75) is 0 Å². The summed E-state index contributed by atoms with van der Waals surface area (Å²) in [5.41, 5.74) is 5.11. The quantitative estimate of drug-likeness (QED) is 0.226. The van der Waals surface area contributed by atoms with E-state index in [1.807, 2.05) is 0 Å². The summed E-state index contributed by atoms with van der Waals surface area (Å²) in [4.78, 5) is 0. The normalized spacial score (nSPS) is 11.4. The van der Waals surface area contributed by atoms with Crippen molar-refractivity contribution in [3.05, 3.63) is 120 Å². The molecule has 0 aromatic heterocycles. The SMILES string of the molecule is Brc1cccc(-c2c3ccccc3c(-c3cccc4ccccc34)c3ccccc23)c1. The molecule has 0 nitrogen and oxygen atoms in total. The lowest BCUT2D eigenvalue weighted by Gasteiger charge is -2.18. The highest BCUT2D eigenvalue weighted by molar-refractivity contribution is 9.10. The third-order valence-corrected chi connectivity index (χ3v) is 6.60. The molecule has 31 heavy (non-hydrogen) atoms. The standard InChI is InChI=1S/C30H19Br/c31-22-12-7-11-21(19-22)29-25-14-3-5-16-27(25)30(28-17-6-4-15-26(28)29)24-18-8-10-20-9-1-2-13-23(20)24/h1-19H. The highest BCUT2D eigenvalue weighted by Crippen LogP contribution is 2.45. The lowest BCUT2D eigenvalue weighted by atomic mass is 9.85. The fraction of sp³-hybridized carbons (Fsp3) is 0. The Bertz CT molecular complexity index is 1530. The van der Waals surface area contributed by atoms with E-state index in [9.17, 15) is 0 Å². The lowest BCUT2D eigenvalue weighted by Crippen LogP contribution is -1.91. The average Bonchev–Trinajstić information content (AvgIpc) is 2.82. The van der Waals surface area contributed by atoms with Gasteiger partial charge in [0.1, 0.15) is 0 Å². The molecule has 1 heteroatoms. The smallest absolute Gasteiger partial charge is 0.0181 e. The van der Waals surface area contributed by atoms with Crippen LogP contribution in [0.2, 0.25) is 0 Å². The third kappa shape index (κ3) is 2.97. The van der Waals surface area contributed by atoms with Gasteiger partial charge in [-0.3, -0.25) is 0 Å². The molecule has 0 saturated heterocycles. The van der Waals surface area contributed by atoms with Gasteiger partial charge in [0.05, 0.1) is 0 Å². The minimum atomic E-state index is 1.09. The zero-order chi connectivity index (χ0) is 20.8. The average molecular weight is 459 g/mol. The Morgan fingerprint density at radius 3 is 1.58 bits per heavy atom. The second-order valence-electron chi connectivity index (χ2n) is 7.88. The van der Waals surface area contributed by atoms with Crippen molar-refractivity contribution in [1.29, 1.82) is 0 Å². The summed E-state index contributed by atoms with van der Waals surface area (Å²) < 4.78 is 1.09. The Kier molecular flexibility index (Phi) is 4.36. The molecule has 0 fully saturated rings. The molecule has 0 saturated carbocycles. The van der Waals surface area contributed by atoms with Gasteiger partial charge < -0.3 is 0 Å². The van der Waals surface area contributed by atoms with Crippen molar-refractivity contribution in [2.75, 3.05) is 0 Å².